The minimum absolute atomic E-state index is 0.145. The molecular formula is C24H41N5O3. The van der Waals surface area contributed by atoms with Gasteiger partial charge in [0, 0.05) is 56.2 Å². The first-order valence-corrected chi connectivity index (χ1v) is 12.3. The molecule has 180 valence electrons. The van der Waals surface area contributed by atoms with Crippen molar-refractivity contribution in [1.29, 1.82) is 0 Å². The molecule has 2 bridgehead atoms. The summed E-state index contributed by atoms with van der Waals surface area (Å²) < 4.78 is 11.4. The fourth-order valence-electron chi connectivity index (χ4n) is 6.16. The molecule has 0 aromatic carbocycles. The average molecular weight is 448 g/mol. The molecule has 3 N–H and O–H groups in total. The second-order valence-corrected chi connectivity index (χ2v) is 10.7. The van der Waals surface area contributed by atoms with Gasteiger partial charge in [0.15, 0.2) is 0 Å². The molecule has 2 saturated heterocycles. The minimum Gasteiger partial charge on any atom is -0.478 e. The van der Waals surface area contributed by atoms with Crippen molar-refractivity contribution in [3.05, 3.63) is 11.8 Å². The Morgan fingerprint density at radius 1 is 1.16 bits per heavy atom. The Labute approximate surface area is 192 Å². The fraction of sp³-hybridized carbons (Fsp3) is 0.833. The molecule has 8 heteroatoms. The summed E-state index contributed by atoms with van der Waals surface area (Å²) in [7, 11) is 0. The minimum atomic E-state index is -0.959. The van der Waals surface area contributed by atoms with Crippen LogP contribution in [0.2, 0.25) is 0 Å². The highest BCUT2D eigenvalue weighted by Gasteiger charge is 2.54. The molecule has 0 amide bonds. The summed E-state index contributed by atoms with van der Waals surface area (Å²) in [4.78, 5) is 11.5. The van der Waals surface area contributed by atoms with Crippen LogP contribution >= 0.6 is 0 Å². The summed E-state index contributed by atoms with van der Waals surface area (Å²) in [5.74, 6) is 1.31. The molecule has 1 aromatic heterocycles. The van der Waals surface area contributed by atoms with Crippen LogP contribution in [0.25, 0.3) is 0 Å². The van der Waals surface area contributed by atoms with Gasteiger partial charge < -0.3 is 19.5 Å². The molecule has 2 aliphatic heterocycles. The summed E-state index contributed by atoms with van der Waals surface area (Å²) in [6.07, 6.45) is 4.91. The lowest BCUT2D eigenvalue weighted by Gasteiger charge is -2.53. The van der Waals surface area contributed by atoms with Crippen molar-refractivity contribution in [2.24, 2.45) is 23.2 Å². The van der Waals surface area contributed by atoms with Crippen molar-refractivity contribution >= 4 is 0 Å². The molecule has 4 unspecified atom stereocenters. The highest BCUT2D eigenvalue weighted by atomic mass is 16.5. The summed E-state index contributed by atoms with van der Waals surface area (Å²) in [6, 6.07) is 0.743. The molecule has 0 spiro atoms. The van der Waals surface area contributed by atoms with Gasteiger partial charge in [-0.15, -0.1) is 0 Å². The number of ether oxygens (including phenoxy) is 2. The summed E-state index contributed by atoms with van der Waals surface area (Å²) in [5.41, 5.74) is 6.84. The van der Waals surface area contributed by atoms with E-state index in [2.05, 4.69) is 46.5 Å². The maximum absolute atomic E-state index is 12.2. The van der Waals surface area contributed by atoms with Gasteiger partial charge in [0.1, 0.15) is 5.60 Å². The topological polar surface area (TPSA) is 91.8 Å². The monoisotopic (exact) mass is 447 g/mol. The predicted octanol–water partition coefficient (Wildman–Crippen LogP) is 2.33. The van der Waals surface area contributed by atoms with E-state index in [1.807, 2.05) is 13.8 Å². The van der Waals surface area contributed by atoms with E-state index in [4.69, 9.17) is 9.47 Å². The van der Waals surface area contributed by atoms with Gasteiger partial charge >= 0.3 is 6.01 Å². The Kier molecular flexibility index (Phi) is 6.96. The number of hydrogen-bond donors (Lipinski definition) is 3. The van der Waals surface area contributed by atoms with E-state index in [0.717, 1.165) is 51.0 Å². The summed E-state index contributed by atoms with van der Waals surface area (Å²) in [6.45, 7) is 15.5. The van der Waals surface area contributed by atoms with Crippen LogP contribution in [0.1, 0.15) is 59.4 Å². The number of hydrogen-bond acceptors (Lipinski definition) is 8. The zero-order valence-electron chi connectivity index (χ0n) is 20.4. The number of rotatable bonds is 7. The maximum Gasteiger partial charge on any atom is 0.319 e. The van der Waals surface area contributed by atoms with Crippen molar-refractivity contribution in [2.45, 2.75) is 65.5 Å². The fourth-order valence-corrected chi connectivity index (χ4v) is 6.16. The zero-order valence-corrected chi connectivity index (χ0v) is 20.4. The van der Waals surface area contributed by atoms with E-state index in [-0.39, 0.29) is 17.3 Å². The van der Waals surface area contributed by atoms with Gasteiger partial charge in [-0.2, -0.15) is 4.98 Å². The Hall–Kier alpha value is -1.48. The number of nitrogens with zero attached hydrogens (tertiary/aromatic N) is 3. The third kappa shape index (κ3) is 4.47. The number of nitrogens with one attached hydrogen (secondary N) is 2. The molecular weight excluding hydrogens is 406 g/mol. The van der Waals surface area contributed by atoms with Crippen LogP contribution in [0.4, 0.5) is 0 Å². The third-order valence-corrected chi connectivity index (χ3v) is 7.54. The van der Waals surface area contributed by atoms with Crippen molar-refractivity contribution < 1.29 is 14.6 Å². The van der Waals surface area contributed by atoms with Crippen LogP contribution in [0.15, 0.2) is 6.20 Å². The lowest BCUT2D eigenvalue weighted by atomic mass is 9.62. The van der Waals surface area contributed by atoms with E-state index in [9.17, 15) is 5.11 Å². The van der Waals surface area contributed by atoms with Gasteiger partial charge in [0.2, 0.25) is 5.88 Å². The van der Waals surface area contributed by atoms with E-state index in [1.165, 1.54) is 0 Å². The van der Waals surface area contributed by atoms with Crippen LogP contribution in [0, 0.1) is 23.2 Å². The highest BCUT2D eigenvalue weighted by Crippen LogP contribution is 2.51. The average Bonchev–Trinajstić information content (AvgIpc) is 3.18. The Morgan fingerprint density at radius 2 is 1.84 bits per heavy atom. The molecule has 1 aliphatic carbocycles. The van der Waals surface area contributed by atoms with Crippen molar-refractivity contribution in [2.75, 3.05) is 39.4 Å². The Morgan fingerprint density at radius 3 is 2.47 bits per heavy atom. The van der Waals surface area contributed by atoms with Crippen LogP contribution in [0.5, 0.6) is 11.9 Å². The first kappa shape index (κ1) is 23.7. The molecule has 1 aromatic rings. The lowest BCUT2D eigenvalue weighted by molar-refractivity contribution is -0.150. The molecule has 4 atom stereocenters. The van der Waals surface area contributed by atoms with Crippen LogP contribution in [-0.4, -0.2) is 65.4 Å². The highest BCUT2D eigenvalue weighted by molar-refractivity contribution is 5.34. The number of fused-ring (bicyclic) bond motifs is 2. The third-order valence-electron chi connectivity index (χ3n) is 7.54. The Bertz CT molecular complexity index is 769. The van der Waals surface area contributed by atoms with Gasteiger partial charge in [0.25, 0.3) is 0 Å². The largest absolute Gasteiger partial charge is 0.478 e. The first-order valence-electron chi connectivity index (χ1n) is 12.3. The zero-order chi connectivity index (χ0) is 22.9. The van der Waals surface area contributed by atoms with Crippen LogP contribution in [-0.2, 0) is 5.60 Å². The van der Waals surface area contributed by atoms with Crippen LogP contribution in [0.3, 0.4) is 0 Å². The second-order valence-electron chi connectivity index (χ2n) is 10.7. The van der Waals surface area contributed by atoms with Gasteiger partial charge in [-0.05, 0) is 32.1 Å². The molecule has 3 heterocycles. The first-order chi connectivity index (χ1) is 15.3. The van der Waals surface area contributed by atoms with Gasteiger partial charge in [-0.25, -0.2) is 4.98 Å². The predicted molar refractivity (Wildman–Crippen MR) is 123 cm³/mol. The summed E-state index contributed by atoms with van der Waals surface area (Å²) >= 11 is 0. The smallest absolute Gasteiger partial charge is 0.319 e. The number of likely N-dealkylation sites (tertiary alicyclic amines) is 1. The van der Waals surface area contributed by atoms with Gasteiger partial charge in [-0.3, -0.25) is 10.9 Å². The van der Waals surface area contributed by atoms with Gasteiger partial charge in [0.05, 0.1) is 18.8 Å². The normalized spacial score (nSPS) is 33.3. The molecule has 0 radical (unpaired) electrons. The standard InChI is InChI=1S/C24H41N5O3/c1-6-31-21-19(12-25-22(27-21)32-7-2)24(30)17-9-8-10-18(24)15-29(14-17)13-16-11-26-28-20(16)23(3,4)5/h12,16-18,20,26,28,30H,6-11,13-15H2,1-5H3. The van der Waals surface area contributed by atoms with Gasteiger partial charge in [-0.1, -0.05) is 27.2 Å². The van der Waals surface area contributed by atoms with Crippen LogP contribution < -0.4 is 20.3 Å². The molecule has 3 aliphatic rings. The number of piperidine rings is 1. The van der Waals surface area contributed by atoms with E-state index < -0.39 is 5.60 Å². The summed E-state index contributed by atoms with van der Waals surface area (Å²) in [5, 5.41) is 12.2. The van der Waals surface area contributed by atoms with Crippen molar-refractivity contribution in [1.82, 2.24) is 25.7 Å². The van der Waals surface area contributed by atoms with E-state index >= 15 is 0 Å². The second kappa shape index (κ2) is 9.41. The number of hydrazine groups is 1. The molecule has 3 fully saturated rings. The lowest BCUT2D eigenvalue weighted by Crippen LogP contribution is -2.59. The number of aliphatic hydroxyl groups is 1. The molecule has 8 nitrogen and oxygen atoms in total. The van der Waals surface area contributed by atoms with Crippen molar-refractivity contribution in [3.63, 3.8) is 0 Å². The quantitative estimate of drug-likeness (QED) is 0.587. The van der Waals surface area contributed by atoms with Crippen molar-refractivity contribution in [3.8, 4) is 11.9 Å². The van der Waals surface area contributed by atoms with E-state index in [0.29, 0.717) is 37.1 Å². The number of aromatic nitrogens is 2. The molecule has 32 heavy (non-hydrogen) atoms. The molecule has 4 rings (SSSR count). The Balaban J connectivity index is 1.56. The SMILES string of the molecule is CCOc1ncc(C2(O)C3CCCC2CN(CC2CNNC2C(C)(C)C)C3)c(OCC)n1. The maximum atomic E-state index is 12.2. The van der Waals surface area contributed by atoms with E-state index in [1.54, 1.807) is 6.20 Å². The molecule has 1 saturated carbocycles.